The second-order valence-electron chi connectivity index (χ2n) is 7.73. The maximum absolute atomic E-state index is 11.9. The Morgan fingerprint density at radius 3 is 2.62 bits per heavy atom. The SMILES string of the molecule is CCOC(=O)CCc1ccc(Cn2cccn2)cc1SCCc1ccc2ccccc2c1. The number of nitrogens with zero attached hydrogens (tertiary/aromatic N) is 2. The molecular formula is C27H28N2O2S. The smallest absolute Gasteiger partial charge is 0.306 e. The summed E-state index contributed by atoms with van der Waals surface area (Å²) >= 11 is 1.86. The number of esters is 1. The van der Waals surface area contributed by atoms with E-state index in [4.69, 9.17) is 4.74 Å². The third-order valence-electron chi connectivity index (χ3n) is 5.40. The molecule has 1 aromatic heterocycles. The zero-order chi connectivity index (χ0) is 22.2. The highest BCUT2D eigenvalue weighted by Crippen LogP contribution is 2.27. The lowest BCUT2D eigenvalue weighted by molar-refractivity contribution is -0.143. The molecule has 4 rings (SSSR count). The predicted molar refractivity (Wildman–Crippen MR) is 131 cm³/mol. The monoisotopic (exact) mass is 444 g/mol. The molecule has 0 atom stereocenters. The Kier molecular flexibility index (Phi) is 7.62. The summed E-state index contributed by atoms with van der Waals surface area (Å²) < 4.78 is 7.04. The number of benzene rings is 3. The summed E-state index contributed by atoms with van der Waals surface area (Å²) in [6, 6.07) is 23.6. The van der Waals surface area contributed by atoms with Crippen molar-refractivity contribution in [2.45, 2.75) is 37.6 Å². The Hall–Kier alpha value is -3.05. The van der Waals surface area contributed by atoms with Crippen molar-refractivity contribution < 1.29 is 9.53 Å². The van der Waals surface area contributed by atoms with Gasteiger partial charge in [-0.15, -0.1) is 11.8 Å². The topological polar surface area (TPSA) is 44.1 Å². The van der Waals surface area contributed by atoms with Crippen LogP contribution in [0.15, 0.2) is 84.0 Å². The first kappa shape index (κ1) is 22.2. The van der Waals surface area contributed by atoms with Gasteiger partial charge in [0.1, 0.15) is 0 Å². The summed E-state index contributed by atoms with van der Waals surface area (Å²) in [6.07, 6.45) is 5.87. The van der Waals surface area contributed by atoms with Crippen LogP contribution in [0.2, 0.25) is 0 Å². The third kappa shape index (κ3) is 6.01. The molecule has 0 bridgehead atoms. The van der Waals surface area contributed by atoms with E-state index < -0.39 is 0 Å². The first-order valence-electron chi connectivity index (χ1n) is 11.1. The Morgan fingerprint density at radius 1 is 0.969 bits per heavy atom. The van der Waals surface area contributed by atoms with E-state index in [1.165, 1.54) is 32.4 Å². The van der Waals surface area contributed by atoms with E-state index in [-0.39, 0.29) is 5.97 Å². The molecule has 0 fully saturated rings. The highest BCUT2D eigenvalue weighted by molar-refractivity contribution is 7.99. The molecule has 1 heterocycles. The maximum atomic E-state index is 11.9. The summed E-state index contributed by atoms with van der Waals surface area (Å²) in [6.45, 7) is 3.01. The van der Waals surface area contributed by atoms with E-state index in [0.29, 0.717) is 19.4 Å². The van der Waals surface area contributed by atoms with E-state index in [1.54, 1.807) is 6.20 Å². The van der Waals surface area contributed by atoms with Crippen LogP contribution < -0.4 is 0 Å². The molecule has 0 spiro atoms. The fraction of sp³-hybridized carbons (Fsp3) is 0.259. The summed E-state index contributed by atoms with van der Waals surface area (Å²) in [5.41, 5.74) is 3.75. The number of hydrogen-bond donors (Lipinski definition) is 0. The van der Waals surface area contributed by atoms with Crippen molar-refractivity contribution in [2.75, 3.05) is 12.4 Å². The van der Waals surface area contributed by atoms with Gasteiger partial charge in [-0.25, -0.2) is 0 Å². The lowest BCUT2D eigenvalue weighted by Crippen LogP contribution is -2.06. The van der Waals surface area contributed by atoms with Crippen molar-refractivity contribution >= 4 is 28.5 Å². The molecule has 0 unspecified atom stereocenters. The van der Waals surface area contributed by atoms with Gasteiger partial charge in [-0.3, -0.25) is 9.48 Å². The van der Waals surface area contributed by atoms with Crippen molar-refractivity contribution in [3.05, 3.63) is 95.8 Å². The minimum Gasteiger partial charge on any atom is -0.466 e. The van der Waals surface area contributed by atoms with Crippen molar-refractivity contribution in [3.8, 4) is 0 Å². The number of aryl methyl sites for hydroxylation is 2. The number of ether oxygens (including phenoxy) is 1. The molecule has 0 aliphatic heterocycles. The molecular weight excluding hydrogens is 416 g/mol. The van der Waals surface area contributed by atoms with Gasteiger partial charge in [-0.05, 0) is 59.4 Å². The largest absolute Gasteiger partial charge is 0.466 e. The van der Waals surface area contributed by atoms with Crippen molar-refractivity contribution in [1.82, 2.24) is 9.78 Å². The van der Waals surface area contributed by atoms with Gasteiger partial charge >= 0.3 is 5.97 Å². The molecule has 0 saturated heterocycles. The highest BCUT2D eigenvalue weighted by atomic mass is 32.2. The molecule has 3 aromatic carbocycles. The first-order chi connectivity index (χ1) is 15.7. The quantitative estimate of drug-likeness (QED) is 0.225. The van der Waals surface area contributed by atoms with Crippen LogP contribution in [0, 0.1) is 0 Å². The van der Waals surface area contributed by atoms with E-state index >= 15 is 0 Å². The molecule has 164 valence electrons. The number of carbonyl (C=O) groups is 1. The molecule has 0 aliphatic carbocycles. The molecule has 4 aromatic rings. The fourth-order valence-corrected chi connectivity index (χ4v) is 4.91. The van der Waals surface area contributed by atoms with Crippen LogP contribution in [-0.2, 0) is 28.9 Å². The Morgan fingerprint density at radius 2 is 1.81 bits per heavy atom. The summed E-state index contributed by atoms with van der Waals surface area (Å²) in [7, 11) is 0. The molecule has 32 heavy (non-hydrogen) atoms. The first-order valence-corrected chi connectivity index (χ1v) is 12.0. The normalized spacial score (nSPS) is 11.0. The van der Waals surface area contributed by atoms with Crippen LogP contribution >= 0.6 is 11.8 Å². The van der Waals surface area contributed by atoms with Gasteiger partial charge in [0.05, 0.1) is 13.2 Å². The fourth-order valence-electron chi connectivity index (χ4n) is 3.76. The number of thioether (sulfide) groups is 1. The minimum absolute atomic E-state index is 0.139. The second-order valence-corrected chi connectivity index (χ2v) is 8.87. The van der Waals surface area contributed by atoms with Crippen LogP contribution in [0.5, 0.6) is 0 Å². The molecule has 0 saturated carbocycles. The van der Waals surface area contributed by atoms with Crippen molar-refractivity contribution in [3.63, 3.8) is 0 Å². The van der Waals surface area contributed by atoms with Gasteiger partial charge < -0.3 is 4.74 Å². The minimum atomic E-state index is -0.139. The van der Waals surface area contributed by atoms with Gasteiger partial charge in [-0.2, -0.15) is 5.10 Å². The average Bonchev–Trinajstić information content (AvgIpc) is 3.32. The van der Waals surface area contributed by atoms with Crippen LogP contribution in [0.25, 0.3) is 10.8 Å². The molecule has 4 nitrogen and oxygen atoms in total. The Bertz CT molecular complexity index is 1170. The van der Waals surface area contributed by atoms with Crippen LogP contribution in [0.3, 0.4) is 0 Å². The maximum Gasteiger partial charge on any atom is 0.306 e. The molecule has 0 N–H and O–H groups in total. The number of fused-ring (bicyclic) bond motifs is 1. The summed E-state index contributed by atoms with van der Waals surface area (Å²) in [5, 5.41) is 6.88. The van der Waals surface area contributed by atoms with Crippen molar-refractivity contribution in [2.24, 2.45) is 0 Å². The van der Waals surface area contributed by atoms with Crippen LogP contribution in [0.1, 0.15) is 30.0 Å². The number of aromatic nitrogens is 2. The summed E-state index contributed by atoms with van der Waals surface area (Å²) in [4.78, 5) is 13.1. The number of rotatable bonds is 10. The Labute approximate surface area is 193 Å². The third-order valence-corrected chi connectivity index (χ3v) is 6.50. The van der Waals surface area contributed by atoms with Crippen molar-refractivity contribution in [1.29, 1.82) is 0 Å². The molecule has 5 heteroatoms. The number of carbonyl (C=O) groups excluding carboxylic acids is 1. The van der Waals surface area contributed by atoms with Crippen LogP contribution in [0.4, 0.5) is 0 Å². The standard InChI is InChI=1S/C27H28N2O2S/c1-2-31-27(30)13-12-24-11-9-22(20-29-16-5-15-28-29)19-26(24)32-17-14-21-8-10-23-6-3-4-7-25(23)18-21/h3-11,15-16,18-19H,2,12-14,17,20H2,1H3. The zero-order valence-corrected chi connectivity index (χ0v) is 19.2. The average molecular weight is 445 g/mol. The van der Waals surface area contributed by atoms with E-state index in [2.05, 4.69) is 65.8 Å². The van der Waals surface area contributed by atoms with Gasteiger partial charge in [0.2, 0.25) is 0 Å². The molecule has 0 radical (unpaired) electrons. The van der Waals surface area contributed by atoms with Gasteiger partial charge in [0.15, 0.2) is 0 Å². The van der Waals surface area contributed by atoms with Gasteiger partial charge in [-0.1, -0.05) is 54.6 Å². The van der Waals surface area contributed by atoms with Gasteiger partial charge in [0.25, 0.3) is 0 Å². The lowest BCUT2D eigenvalue weighted by atomic mass is 10.1. The lowest BCUT2D eigenvalue weighted by Gasteiger charge is -2.12. The number of hydrogen-bond acceptors (Lipinski definition) is 4. The molecule has 0 amide bonds. The highest BCUT2D eigenvalue weighted by Gasteiger charge is 2.10. The van der Waals surface area contributed by atoms with Gasteiger partial charge in [0, 0.05) is 29.5 Å². The van der Waals surface area contributed by atoms with Crippen LogP contribution in [-0.4, -0.2) is 28.1 Å². The summed E-state index contributed by atoms with van der Waals surface area (Å²) in [5.74, 6) is 0.843. The second kappa shape index (κ2) is 11.0. The van der Waals surface area contributed by atoms with E-state index in [1.807, 2.05) is 35.6 Å². The molecule has 0 aliphatic rings. The van der Waals surface area contributed by atoms with E-state index in [0.717, 1.165) is 18.7 Å². The van der Waals surface area contributed by atoms with E-state index in [9.17, 15) is 4.79 Å². The zero-order valence-electron chi connectivity index (χ0n) is 18.4. The predicted octanol–water partition coefficient (Wildman–Crippen LogP) is 5.92. The Balaban J connectivity index is 1.45.